The quantitative estimate of drug-likeness (QED) is 0.937. The average molecular weight is 282 g/mol. The molecule has 3 rings (SSSR count). The monoisotopic (exact) mass is 282 g/mol. The lowest BCUT2D eigenvalue weighted by atomic mass is 10.0. The fraction of sp³-hybridized carbons (Fsp3) is 0.333. The van der Waals surface area contributed by atoms with Crippen LogP contribution in [0.4, 0.5) is 11.4 Å². The van der Waals surface area contributed by atoms with Crippen molar-refractivity contribution in [3.63, 3.8) is 0 Å². The normalized spacial score (nSPS) is 15.8. The number of anilines is 2. The first-order valence-electron chi connectivity index (χ1n) is 7.45. The summed E-state index contributed by atoms with van der Waals surface area (Å²) in [7, 11) is 2.12. The predicted molar refractivity (Wildman–Crippen MR) is 88.1 cm³/mol. The standard InChI is InChI=1S/C18H22N2O/c1-14-7-3-4-8-15(14)18(21)13-20-12-11-19(2)16-9-5-6-10-17(16)20/h3-10,18,21H,11-13H2,1-2H3. The van der Waals surface area contributed by atoms with E-state index in [-0.39, 0.29) is 0 Å². The maximum atomic E-state index is 10.6. The fourth-order valence-corrected chi connectivity index (χ4v) is 3.02. The Hall–Kier alpha value is -2.00. The molecule has 1 atom stereocenters. The molecule has 1 aliphatic rings. The molecule has 0 fully saturated rings. The van der Waals surface area contributed by atoms with Crippen LogP contribution >= 0.6 is 0 Å². The Bertz CT molecular complexity index is 626. The summed E-state index contributed by atoms with van der Waals surface area (Å²) in [5.41, 5.74) is 4.61. The maximum absolute atomic E-state index is 10.6. The number of hydrogen-bond donors (Lipinski definition) is 1. The van der Waals surface area contributed by atoms with Crippen LogP contribution in [0.25, 0.3) is 0 Å². The Labute approximate surface area is 126 Å². The first-order valence-corrected chi connectivity index (χ1v) is 7.45. The van der Waals surface area contributed by atoms with Crippen molar-refractivity contribution >= 4 is 11.4 Å². The molecule has 1 unspecified atom stereocenters. The highest BCUT2D eigenvalue weighted by Gasteiger charge is 2.22. The van der Waals surface area contributed by atoms with Crippen molar-refractivity contribution in [3.8, 4) is 0 Å². The van der Waals surface area contributed by atoms with E-state index < -0.39 is 6.10 Å². The van der Waals surface area contributed by atoms with E-state index in [1.54, 1.807) is 0 Å². The summed E-state index contributed by atoms with van der Waals surface area (Å²) in [5.74, 6) is 0. The van der Waals surface area contributed by atoms with Gasteiger partial charge in [-0.3, -0.25) is 0 Å². The second kappa shape index (κ2) is 5.78. The fourth-order valence-electron chi connectivity index (χ4n) is 3.02. The summed E-state index contributed by atoms with van der Waals surface area (Å²) in [6.45, 7) is 4.61. The minimum Gasteiger partial charge on any atom is -0.387 e. The molecule has 0 saturated carbocycles. The molecule has 0 aromatic heterocycles. The molecule has 0 saturated heterocycles. The van der Waals surface area contributed by atoms with E-state index in [9.17, 15) is 5.11 Å². The van der Waals surface area contributed by atoms with Crippen molar-refractivity contribution in [2.45, 2.75) is 13.0 Å². The van der Waals surface area contributed by atoms with Crippen molar-refractivity contribution in [2.75, 3.05) is 36.5 Å². The topological polar surface area (TPSA) is 26.7 Å². The third kappa shape index (κ3) is 2.74. The van der Waals surface area contributed by atoms with Gasteiger partial charge in [0, 0.05) is 26.7 Å². The summed E-state index contributed by atoms with van der Waals surface area (Å²) < 4.78 is 0. The van der Waals surface area contributed by atoms with Crippen molar-refractivity contribution in [2.24, 2.45) is 0 Å². The second-order valence-corrected chi connectivity index (χ2v) is 5.73. The molecule has 2 aromatic rings. The number of hydrogen-bond acceptors (Lipinski definition) is 3. The lowest BCUT2D eigenvalue weighted by molar-refractivity contribution is 0.182. The van der Waals surface area contributed by atoms with E-state index in [1.807, 2.05) is 18.2 Å². The number of aliphatic hydroxyl groups excluding tert-OH is 1. The van der Waals surface area contributed by atoms with E-state index in [4.69, 9.17) is 0 Å². The largest absolute Gasteiger partial charge is 0.387 e. The number of β-amino-alcohol motifs (C(OH)–C–C–N with tert-alkyl or cyclic N) is 1. The number of para-hydroxylation sites is 2. The minimum absolute atomic E-state index is 0.456. The van der Waals surface area contributed by atoms with Crippen LogP contribution in [0.2, 0.25) is 0 Å². The summed E-state index contributed by atoms with van der Waals surface area (Å²) in [5, 5.41) is 10.6. The third-order valence-corrected chi connectivity index (χ3v) is 4.28. The average Bonchev–Trinajstić information content (AvgIpc) is 2.51. The molecule has 3 heteroatoms. The number of likely N-dealkylation sites (N-methyl/N-ethyl adjacent to an activating group) is 1. The highest BCUT2D eigenvalue weighted by atomic mass is 16.3. The number of aliphatic hydroxyl groups is 1. The highest BCUT2D eigenvalue weighted by molar-refractivity contribution is 5.73. The molecule has 1 heterocycles. The molecule has 0 amide bonds. The van der Waals surface area contributed by atoms with Crippen LogP contribution in [0.5, 0.6) is 0 Å². The van der Waals surface area contributed by atoms with Crippen molar-refractivity contribution in [1.82, 2.24) is 0 Å². The summed E-state index contributed by atoms with van der Waals surface area (Å²) in [4.78, 5) is 4.55. The van der Waals surface area contributed by atoms with Crippen LogP contribution in [0.3, 0.4) is 0 Å². The molecule has 0 bridgehead atoms. The lowest BCUT2D eigenvalue weighted by Gasteiger charge is -2.38. The zero-order valence-corrected chi connectivity index (χ0v) is 12.7. The number of benzene rings is 2. The highest BCUT2D eigenvalue weighted by Crippen LogP contribution is 2.33. The van der Waals surface area contributed by atoms with Gasteiger partial charge in [0.1, 0.15) is 0 Å². The van der Waals surface area contributed by atoms with Crippen LogP contribution in [0.1, 0.15) is 17.2 Å². The Balaban J connectivity index is 1.83. The lowest BCUT2D eigenvalue weighted by Crippen LogP contribution is -2.41. The zero-order chi connectivity index (χ0) is 14.8. The van der Waals surface area contributed by atoms with Crippen LogP contribution < -0.4 is 9.80 Å². The summed E-state index contributed by atoms with van der Waals surface area (Å²) in [6.07, 6.45) is -0.456. The molecule has 2 aromatic carbocycles. The van der Waals surface area contributed by atoms with Gasteiger partial charge in [0.05, 0.1) is 17.5 Å². The Morgan fingerprint density at radius 3 is 2.43 bits per heavy atom. The molecule has 21 heavy (non-hydrogen) atoms. The third-order valence-electron chi connectivity index (χ3n) is 4.28. The van der Waals surface area contributed by atoms with E-state index in [1.165, 1.54) is 11.4 Å². The van der Waals surface area contributed by atoms with Gasteiger partial charge < -0.3 is 14.9 Å². The van der Waals surface area contributed by atoms with Gasteiger partial charge in [0.25, 0.3) is 0 Å². The summed E-state index contributed by atoms with van der Waals surface area (Å²) in [6, 6.07) is 16.5. The summed E-state index contributed by atoms with van der Waals surface area (Å²) >= 11 is 0. The van der Waals surface area contributed by atoms with Gasteiger partial charge in [0.15, 0.2) is 0 Å². The first kappa shape index (κ1) is 14.0. The van der Waals surface area contributed by atoms with E-state index in [0.717, 1.165) is 24.2 Å². The molecule has 1 N–H and O–H groups in total. The molecule has 0 spiro atoms. The SMILES string of the molecule is Cc1ccccc1C(O)CN1CCN(C)c2ccccc21. The van der Waals surface area contributed by atoms with Crippen molar-refractivity contribution < 1.29 is 5.11 Å². The first-order chi connectivity index (χ1) is 10.2. The molecule has 0 aliphatic carbocycles. The molecule has 1 aliphatic heterocycles. The van der Waals surface area contributed by atoms with Crippen LogP contribution in [0.15, 0.2) is 48.5 Å². The number of nitrogens with zero attached hydrogens (tertiary/aromatic N) is 2. The van der Waals surface area contributed by atoms with Crippen LogP contribution in [0, 0.1) is 6.92 Å². The second-order valence-electron chi connectivity index (χ2n) is 5.73. The van der Waals surface area contributed by atoms with Gasteiger partial charge >= 0.3 is 0 Å². The number of rotatable bonds is 3. The Morgan fingerprint density at radius 2 is 1.67 bits per heavy atom. The van der Waals surface area contributed by atoms with Gasteiger partial charge in [0.2, 0.25) is 0 Å². The van der Waals surface area contributed by atoms with E-state index in [2.05, 4.69) is 54.1 Å². The van der Waals surface area contributed by atoms with Crippen molar-refractivity contribution in [1.29, 1.82) is 0 Å². The molecule has 110 valence electrons. The Kier molecular flexibility index (Phi) is 3.84. The van der Waals surface area contributed by atoms with Gasteiger partial charge in [-0.1, -0.05) is 36.4 Å². The molecule has 0 radical (unpaired) electrons. The molecule has 3 nitrogen and oxygen atoms in total. The number of fused-ring (bicyclic) bond motifs is 1. The smallest absolute Gasteiger partial charge is 0.0967 e. The van der Waals surface area contributed by atoms with Gasteiger partial charge in [-0.15, -0.1) is 0 Å². The van der Waals surface area contributed by atoms with Crippen LogP contribution in [-0.2, 0) is 0 Å². The van der Waals surface area contributed by atoms with Crippen LogP contribution in [-0.4, -0.2) is 31.8 Å². The van der Waals surface area contributed by atoms with E-state index >= 15 is 0 Å². The molecular weight excluding hydrogens is 260 g/mol. The van der Waals surface area contributed by atoms with Gasteiger partial charge in [-0.2, -0.15) is 0 Å². The molecular formula is C18H22N2O. The predicted octanol–water partition coefficient (Wildman–Crippen LogP) is 2.98. The minimum atomic E-state index is -0.456. The zero-order valence-electron chi connectivity index (χ0n) is 12.7. The van der Waals surface area contributed by atoms with E-state index in [0.29, 0.717) is 6.54 Å². The number of aryl methyl sites for hydroxylation is 1. The maximum Gasteiger partial charge on any atom is 0.0967 e. The van der Waals surface area contributed by atoms with Gasteiger partial charge in [-0.25, -0.2) is 0 Å². The Morgan fingerprint density at radius 1 is 1.00 bits per heavy atom. The van der Waals surface area contributed by atoms with Crippen molar-refractivity contribution in [3.05, 3.63) is 59.7 Å². The van der Waals surface area contributed by atoms with Gasteiger partial charge in [-0.05, 0) is 30.2 Å².